The van der Waals surface area contributed by atoms with E-state index in [0.717, 1.165) is 61.4 Å². The zero-order valence-corrected chi connectivity index (χ0v) is 43.6. The summed E-state index contributed by atoms with van der Waals surface area (Å²) in [6.45, 7) is 22.4. The van der Waals surface area contributed by atoms with Crippen molar-refractivity contribution in [2.24, 2.45) is 0 Å². The predicted octanol–water partition coefficient (Wildman–Crippen LogP) is 17.1. The van der Waals surface area contributed by atoms with Crippen molar-refractivity contribution in [1.82, 2.24) is 19.5 Å². The number of rotatable bonds is 6. The quantitative estimate of drug-likeness (QED) is 0.123. The van der Waals surface area contributed by atoms with E-state index in [1.807, 2.05) is 42.6 Å². The van der Waals surface area contributed by atoms with E-state index in [4.69, 9.17) is 9.40 Å². The summed E-state index contributed by atoms with van der Waals surface area (Å²) in [5, 5.41) is 7.02. The molecule has 0 aliphatic heterocycles. The molecular formula is C63H58IrN4O-2. The summed E-state index contributed by atoms with van der Waals surface area (Å²) >= 11 is 0. The maximum Gasteiger partial charge on any atom is 0.121 e. The standard InChI is InChI=1S/C49H43N2O.C14H15N2.Ir/c1-29(2)39-25-34(31-14-9-8-10-15-31)26-40(30(3)4)46(39)51-44-23-22-35(49(5,6)7)27-43(44)50-48(51)38-19-13-18-37-42-24-33-21-20-32-16-11-12-17-36(32)41(33)28-45(42)52-47(37)38;1-14(2,3)12-9-10-15-13(16-12)11-7-5-4-6-8-11;/h8-18,20-30H,1-7H3;4-7,9-10H,1-3H3;/q2*-1;. The molecule has 0 aliphatic carbocycles. The van der Waals surface area contributed by atoms with Crippen LogP contribution in [-0.4, -0.2) is 19.5 Å². The van der Waals surface area contributed by atoms with Gasteiger partial charge in [0.15, 0.2) is 0 Å². The van der Waals surface area contributed by atoms with E-state index in [1.165, 1.54) is 55.0 Å². The molecule has 0 bridgehead atoms. The van der Waals surface area contributed by atoms with Crippen molar-refractivity contribution in [3.8, 4) is 39.6 Å². The van der Waals surface area contributed by atoms with Crippen LogP contribution in [0.2, 0.25) is 0 Å². The fourth-order valence-electron chi connectivity index (χ4n) is 9.40. The third-order valence-electron chi connectivity index (χ3n) is 13.2. The molecule has 6 heteroatoms. The Morgan fingerprint density at radius 3 is 1.97 bits per heavy atom. The molecule has 1 radical (unpaired) electrons. The first-order valence-electron chi connectivity index (χ1n) is 23.9. The van der Waals surface area contributed by atoms with E-state index in [-0.39, 0.29) is 42.8 Å². The van der Waals surface area contributed by atoms with Gasteiger partial charge in [-0.15, -0.1) is 54.1 Å². The fraction of sp³-hybridized carbons (Fsp3) is 0.222. The molecule has 3 aromatic heterocycles. The van der Waals surface area contributed by atoms with Crippen LogP contribution in [0.5, 0.6) is 0 Å². The molecule has 0 unspecified atom stereocenters. The summed E-state index contributed by atoms with van der Waals surface area (Å²) in [4.78, 5) is 14.4. The molecule has 11 aromatic rings. The van der Waals surface area contributed by atoms with Gasteiger partial charge in [-0.3, -0.25) is 15.0 Å². The Balaban J connectivity index is 0.000000296. The van der Waals surface area contributed by atoms with Gasteiger partial charge >= 0.3 is 0 Å². The Morgan fingerprint density at radius 1 is 0.565 bits per heavy atom. The monoisotopic (exact) mass is 1080 g/mol. The van der Waals surface area contributed by atoms with Crippen molar-refractivity contribution < 1.29 is 24.5 Å². The van der Waals surface area contributed by atoms with Crippen molar-refractivity contribution in [3.63, 3.8) is 0 Å². The first-order valence-corrected chi connectivity index (χ1v) is 23.9. The number of aromatic nitrogens is 4. The van der Waals surface area contributed by atoms with Gasteiger partial charge < -0.3 is 8.98 Å². The Hall–Kier alpha value is -6.72. The Bertz CT molecular complexity index is 3620. The third-order valence-corrected chi connectivity index (χ3v) is 13.2. The summed E-state index contributed by atoms with van der Waals surface area (Å²) < 4.78 is 9.31. The first kappa shape index (κ1) is 47.3. The third kappa shape index (κ3) is 9.05. The van der Waals surface area contributed by atoms with Crippen LogP contribution >= 0.6 is 0 Å². The van der Waals surface area contributed by atoms with Crippen molar-refractivity contribution >= 4 is 54.5 Å². The van der Waals surface area contributed by atoms with Crippen LogP contribution in [0.1, 0.15) is 103 Å². The van der Waals surface area contributed by atoms with Crippen molar-refractivity contribution in [1.29, 1.82) is 0 Å². The smallest absolute Gasteiger partial charge is 0.121 e. The molecule has 5 nitrogen and oxygen atoms in total. The zero-order chi connectivity index (χ0) is 47.5. The molecule has 8 aromatic carbocycles. The minimum absolute atomic E-state index is 0. The molecule has 0 aliphatic rings. The van der Waals surface area contributed by atoms with Gasteiger partial charge in [0, 0.05) is 48.5 Å². The molecule has 0 atom stereocenters. The Morgan fingerprint density at radius 2 is 1.28 bits per heavy atom. The molecule has 3 heterocycles. The average Bonchev–Trinajstić information content (AvgIpc) is 3.91. The van der Waals surface area contributed by atoms with E-state index in [9.17, 15) is 0 Å². The molecule has 0 spiro atoms. The molecule has 347 valence electrons. The molecule has 0 saturated heterocycles. The second-order valence-electron chi connectivity index (χ2n) is 20.7. The van der Waals surface area contributed by atoms with Gasteiger partial charge in [-0.05, 0) is 109 Å². The molecule has 0 N–H and O–H groups in total. The predicted molar refractivity (Wildman–Crippen MR) is 285 cm³/mol. The van der Waals surface area contributed by atoms with Crippen LogP contribution in [0, 0.1) is 12.1 Å². The van der Waals surface area contributed by atoms with Gasteiger partial charge in [0.2, 0.25) is 0 Å². The van der Waals surface area contributed by atoms with Gasteiger partial charge in [-0.1, -0.05) is 153 Å². The molecular weight excluding hydrogens is 1020 g/mol. The summed E-state index contributed by atoms with van der Waals surface area (Å²) in [5.41, 5.74) is 14.1. The van der Waals surface area contributed by atoms with E-state index in [0.29, 0.717) is 0 Å². The number of hydrogen-bond acceptors (Lipinski definition) is 4. The van der Waals surface area contributed by atoms with Gasteiger partial charge in [0.1, 0.15) is 5.58 Å². The Labute approximate surface area is 420 Å². The summed E-state index contributed by atoms with van der Waals surface area (Å²) in [6.07, 6.45) is 1.81. The summed E-state index contributed by atoms with van der Waals surface area (Å²) in [6, 6.07) is 60.5. The van der Waals surface area contributed by atoms with Crippen LogP contribution in [0.3, 0.4) is 0 Å². The maximum atomic E-state index is 6.91. The van der Waals surface area contributed by atoms with Gasteiger partial charge in [-0.2, -0.15) is 0 Å². The SMILES string of the molecule is CC(C)(C)c1ccnc(-c2[c-]cccc2)n1.CC(C)c1cc(-c2ccccc2)cc(C(C)C)c1-n1c(-c2[c-]ccc3c2oc2cc4c(ccc5ccccc54)cc23)nc2cc(C(C)(C)C)ccc21.[Ir]. The van der Waals surface area contributed by atoms with Crippen LogP contribution in [0.25, 0.3) is 94.1 Å². The number of benzene rings is 8. The van der Waals surface area contributed by atoms with Crippen LogP contribution in [-0.2, 0) is 30.9 Å². The van der Waals surface area contributed by atoms with E-state index >= 15 is 0 Å². The molecule has 0 fully saturated rings. The second kappa shape index (κ2) is 18.6. The molecule has 69 heavy (non-hydrogen) atoms. The fourth-order valence-corrected chi connectivity index (χ4v) is 9.40. The van der Waals surface area contributed by atoms with E-state index < -0.39 is 0 Å². The number of hydrogen-bond donors (Lipinski definition) is 0. The maximum absolute atomic E-state index is 6.91. The number of nitrogens with zero attached hydrogens (tertiary/aromatic N) is 4. The van der Waals surface area contributed by atoms with Crippen LogP contribution in [0.4, 0.5) is 0 Å². The van der Waals surface area contributed by atoms with E-state index in [1.54, 1.807) is 0 Å². The number of fused-ring (bicyclic) bond motifs is 7. The van der Waals surface area contributed by atoms with Crippen molar-refractivity contribution in [2.75, 3.05) is 0 Å². The number of imidazole rings is 1. The number of furan rings is 1. The normalized spacial score (nSPS) is 12.1. The molecule has 0 saturated carbocycles. The summed E-state index contributed by atoms with van der Waals surface area (Å²) in [7, 11) is 0. The minimum Gasteiger partial charge on any atom is -0.501 e. The van der Waals surface area contributed by atoms with Gasteiger partial charge in [-0.25, -0.2) is 0 Å². The Kier molecular flexibility index (Phi) is 12.8. The van der Waals surface area contributed by atoms with Crippen molar-refractivity contribution in [3.05, 3.63) is 192 Å². The minimum atomic E-state index is -0.0152. The van der Waals surface area contributed by atoms with Crippen molar-refractivity contribution in [2.45, 2.75) is 91.9 Å². The van der Waals surface area contributed by atoms with E-state index in [2.05, 4.69) is 211 Å². The van der Waals surface area contributed by atoms with Crippen LogP contribution in [0.15, 0.2) is 162 Å². The summed E-state index contributed by atoms with van der Waals surface area (Å²) in [5.74, 6) is 2.12. The largest absolute Gasteiger partial charge is 0.501 e. The average molecular weight is 1080 g/mol. The van der Waals surface area contributed by atoms with Gasteiger partial charge in [0.25, 0.3) is 0 Å². The first-order chi connectivity index (χ1) is 32.6. The molecule has 11 rings (SSSR count). The second-order valence-corrected chi connectivity index (χ2v) is 20.7. The van der Waals surface area contributed by atoms with Crippen LogP contribution < -0.4 is 0 Å². The van der Waals surface area contributed by atoms with Gasteiger partial charge in [0.05, 0.1) is 28.3 Å². The zero-order valence-electron chi connectivity index (χ0n) is 41.2. The molecule has 0 amide bonds. The topological polar surface area (TPSA) is 56.7 Å².